The molecule has 0 radical (unpaired) electrons. The van der Waals surface area contributed by atoms with Crippen LogP contribution in [0.5, 0.6) is 0 Å². The van der Waals surface area contributed by atoms with Crippen LogP contribution in [0, 0.1) is 0 Å². The van der Waals surface area contributed by atoms with Crippen molar-refractivity contribution in [1.29, 1.82) is 0 Å². The van der Waals surface area contributed by atoms with Gasteiger partial charge in [-0.1, -0.05) is 0 Å². The number of nitrogens with one attached hydrogen (secondary N) is 1. The van der Waals surface area contributed by atoms with Crippen molar-refractivity contribution in [3.63, 3.8) is 0 Å². The first-order chi connectivity index (χ1) is 9.90. The van der Waals surface area contributed by atoms with Crippen molar-refractivity contribution < 1.29 is 27.1 Å². The van der Waals surface area contributed by atoms with Gasteiger partial charge in [-0.25, -0.2) is 9.78 Å². The van der Waals surface area contributed by atoms with E-state index in [0.29, 0.717) is 11.4 Å². The maximum absolute atomic E-state index is 12.3. The third kappa shape index (κ3) is 3.74. The predicted molar refractivity (Wildman–Crippen MR) is 66.6 cm³/mol. The second-order valence-corrected chi connectivity index (χ2v) is 4.04. The Labute approximate surface area is 117 Å². The Morgan fingerprint density at radius 3 is 2.67 bits per heavy atom. The summed E-state index contributed by atoms with van der Waals surface area (Å²) < 4.78 is 46.7. The van der Waals surface area contributed by atoms with Gasteiger partial charge in [-0.2, -0.15) is 13.2 Å². The SMILES string of the molecule is COC(=O)c1ccc(CNc2ccc(C(F)(F)F)nc2)o1. The van der Waals surface area contributed by atoms with Crippen LogP contribution in [0.15, 0.2) is 34.9 Å². The number of hydrogen-bond donors (Lipinski definition) is 1. The van der Waals surface area contributed by atoms with Gasteiger partial charge in [0.15, 0.2) is 0 Å². The molecule has 21 heavy (non-hydrogen) atoms. The van der Waals surface area contributed by atoms with Crippen LogP contribution in [-0.4, -0.2) is 18.1 Å². The number of aromatic nitrogens is 1. The minimum Gasteiger partial charge on any atom is -0.463 e. The van der Waals surface area contributed by atoms with E-state index in [1.807, 2.05) is 0 Å². The van der Waals surface area contributed by atoms with Crippen molar-refractivity contribution in [2.24, 2.45) is 0 Å². The lowest BCUT2D eigenvalue weighted by Gasteiger charge is -2.07. The standard InChI is InChI=1S/C13H11F3N2O3/c1-20-12(19)10-4-3-9(21-10)7-17-8-2-5-11(18-6-8)13(14,15)16/h2-6,17H,7H2,1H3. The maximum atomic E-state index is 12.3. The molecule has 1 N–H and O–H groups in total. The number of carbonyl (C=O) groups excluding carboxylic acids is 1. The Morgan fingerprint density at radius 2 is 2.10 bits per heavy atom. The predicted octanol–water partition coefficient (Wildman–Crippen LogP) is 3.09. The maximum Gasteiger partial charge on any atom is 0.433 e. The molecule has 0 aliphatic carbocycles. The van der Waals surface area contributed by atoms with E-state index >= 15 is 0 Å². The third-order valence-electron chi connectivity index (χ3n) is 2.57. The van der Waals surface area contributed by atoms with Crippen molar-refractivity contribution >= 4 is 11.7 Å². The Kier molecular flexibility index (Phi) is 4.15. The van der Waals surface area contributed by atoms with E-state index in [4.69, 9.17) is 4.42 Å². The number of methoxy groups -OCH3 is 1. The van der Waals surface area contributed by atoms with E-state index in [2.05, 4.69) is 15.0 Å². The minimum absolute atomic E-state index is 0.0554. The van der Waals surface area contributed by atoms with Gasteiger partial charge in [-0.15, -0.1) is 0 Å². The molecule has 5 nitrogen and oxygen atoms in total. The zero-order valence-corrected chi connectivity index (χ0v) is 10.9. The number of carbonyl (C=O) groups is 1. The lowest BCUT2D eigenvalue weighted by molar-refractivity contribution is -0.141. The van der Waals surface area contributed by atoms with E-state index in [9.17, 15) is 18.0 Å². The fourth-order valence-corrected chi connectivity index (χ4v) is 1.54. The van der Waals surface area contributed by atoms with Crippen molar-refractivity contribution in [3.8, 4) is 0 Å². The molecule has 0 spiro atoms. The molecule has 0 aromatic carbocycles. The van der Waals surface area contributed by atoms with Crippen LogP contribution in [0.1, 0.15) is 22.0 Å². The van der Waals surface area contributed by atoms with Gasteiger partial charge >= 0.3 is 12.1 Å². The highest BCUT2D eigenvalue weighted by Crippen LogP contribution is 2.27. The summed E-state index contributed by atoms with van der Waals surface area (Å²) >= 11 is 0. The van der Waals surface area contributed by atoms with Crippen LogP contribution >= 0.6 is 0 Å². The lowest BCUT2D eigenvalue weighted by atomic mass is 10.3. The largest absolute Gasteiger partial charge is 0.463 e. The number of halogens is 3. The Balaban J connectivity index is 1.97. The van der Waals surface area contributed by atoms with Gasteiger partial charge in [0.1, 0.15) is 11.5 Å². The Hall–Kier alpha value is -2.51. The topological polar surface area (TPSA) is 64.4 Å². The highest BCUT2D eigenvalue weighted by Gasteiger charge is 2.31. The summed E-state index contributed by atoms with van der Waals surface area (Å²) in [7, 11) is 1.23. The number of hydrogen-bond acceptors (Lipinski definition) is 5. The highest BCUT2D eigenvalue weighted by atomic mass is 19.4. The second kappa shape index (κ2) is 5.86. The average molecular weight is 300 g/mol. The molecule has 0 atom stereocenters. The van der Waals surface area contributed by atoms with Gasteiger partial charge in [-0.3, -0.25) is 0 Å². The normalized spacial score (nSPS) is 11.2. The second-order valence-electron chi connectivity index (χ2n) is 4.04. The number of esters is 1. The molecule has 0 bridgehead atoms. The number of ether oxygens (including phenoxy) is 1. The molecule has 0 unspecified atom stereocenters. The number of alkyl halides is 3. The summed E-state index contributed by atoms with van der Waals surface area (Å²) in [6, 6.07) is 5.16. The molecule has 2 aromatic heterocycles. The van der Waals surface area contributed by atoms with Crippen LogP contribution in [0.4, 0.5) is 18.9 Å². The molecule has 2 rings (SSSR count). The molecule has 0 amide bonds. The summed E-state index contributed by atoms with van der Waals surface area (Å²) in [4.78, 5) is 14.5. The van der Waals surface area contributed by atoms with Crippen molar-refractivity contribution in [1.82, 2.24) is 4.98 Å². The molecule has 0 saturated heterocycles. The van der Waals surface area contributed by atoms with Crippen LogP contribution in [0.2, 0.25) is 0 Å². The van der Waals surface area contributed by atoms with Crippen LogP contribution in [0.25, 0.3) is 0 Å². The van der Waals surface area contributed by atoms with Gasteiger partial charge in [0.05, 0.1) is 25.5 Å². The van der Waals surface area contributed by atoms with Crippen molar-refractivity contribution in [3.05, 3.63) is 47.7 Å². The van der Waals surface area contributed by atoms with Gasteiger partial charge in [-0.05, 0) is 24.3 Å². The molecular weight excluding hydrogens is 289 g/mol. The molecule has 2 heterocycles. The summed E-state index contributed by atoms with van der Waals surface area (Å²) in [5.41, 5.74) is -0.557. The molecule has 2 aromatic rings. The third-order valence-corrected chi connectivity index (χ3v) is 2.57. The summed E-state index contributed by atoms with van der Waals surface area (Å²) in [6.07, 6.45) is -3.39. The fraction of sp³-hybridized carbons (Fsp3) is 0.231. The van der Waals surface area contributed by atoms with Gasteiger partial charge < -0.3 is 14.5 Å². The zero-order chi connectivity index (χ0) is 15.5. The number of pyridine rings is 1. The summed E-state index contributed by atoms with van der Waals surface area (Å²) in [5, 5.41) is 2.83. The van der Waals surface area contributed by atoms with E-state index in [1.54, 1.807) is 6.07 Å². The Morgan fingerprint density at radius 1 is 1.33 bits per heavy atom. The van der Waals surface area contributed by atoms with E-state index in [0.717, 1.165) is 12.3 Å². The van der Waals surface area contributed by atoms with E-state index in [-0.39, 0.29) is 12.3 Å². The van der Waals surface area contributed by atoms with E-state index in [1.165, 1.54) is 19.2 Å². The first-order valence-electron chi connectivity index (χ1n) is 5.84. The molecule has 112 valence electrons. The Bertz CT molecular complexity index is 620. The summed E-state index contributed by atoms with van der Waals surface area (Å²) in [6.45, 7) is 0.198. The first-order valence-corrected chi connectivity index (χ1v) is 5.84. The molecular formula is C13H11F3N2O3. The number of anilines is 1. The van der Waals surface area contributed by atoms with Gasteiger partial charge in [0.2, 0.25) is 5.76 Å². The van der Waals surface area contributed by atoms with Crippen molar-refractivity contribution in [2.45, 2.75) is 12.7 Å². The molecule has 0 aliphatic rings. The van der Waals surface area contributed by atoms with Gasteiger partial charge in [0, 0.05) is 0 Å². The van der Waals surface area contributed by atoms with Crippen molar-refractivity contribution in [2.75, 3.05) is 12.4 Å². The molecule has 0 fully saturated rings. The molecule has 0 aliphatic heterocycles. The summed E-state index contributed by atoms with van der Waals surface area (Å²) in [5.74, 6) is -0.104. The number of nitrogens with zero attached hydrogens (tertiary/aromatic N) is 1. The van der Waals surface area contributed by atoms with E-state index < -0.39 is 17.8 Å². The minimum atomic E-state index is -4.46. The fourth-order valence-electron chi connectivity index (χ4n) is 1.54. The monoisotopic (exact) mass is 300 g/mol. The lowest BCUT2D eigenvalue weighted by Crippen LogP contribution is -2.08. The van der Waals surface area contributed by atoms with Crippen LogP contribution in [-0.2, 0) is 17.5 Å². The molecule has 0 saturated carbocycles. The zero-order valence-electron chi connectivity index (χ0n) is 10.9. The number of furan rings is 1. The van der Waals surface area contributed by atoms with Crippen LogP contribution < -0.4 is 5.32 Å². The van der Waals surface area contributed by atoms with Gasteiger partial charge in [0.25, 0.3) is 0 Å². The first kappa shape index (κ1) is 14.9. The smallest absolute Gasteiger partial charge is 0.433 e. The highest BCUT2D eigenvalue weighted by molar-refractivity contribution is 5.86. The number of rotatable bonds is 4. The molecule has 8 heteroatoms. The average Bonchev–Trinajstić information content (AvgIpc) is 2.92. The quantitative estimate of drug-likeness (QED) is 0.879. The van der Waals surface area contributed by atoms with Crippen LogP contribution in [0.3, 0.4) is 0 Å².